The van der Waals surface area contributed by atoms with Crippen LogP contribution >= 0.6 is 23.2 Å². The van der Waals surface area contributed by atoms with Gasteiger partial charge in [0, 0.05) is 18.8 Å². The third kappa shape index (κ3) is 4.55. The first-order chi connectivity index (χ1) is 12.9. The zero-order valence-electron chi connectivity index (χ0n) is 15.8. The minimum atomic E-state index is -0.109. The molecule has 27 heavy (non-hydrogen) atoms. The van der Waals surface area contributed by atoms with Gasteiger partial charge in [0.05, 0.1) is 29.1 Å². The first-order valence-electron chi connectivity index (χ1n) is 9.09. The minimum absolute atomic E-state index is 0.109. The van der Waals surface area contributed by atoms with Gasteiger partial charge in [-0.15, -0.1) is 0 Å². The van der Waals surface area contributed by atoms with Crippen LogP contribution in [0.15, 0.2) is 12.3 Å². The molecule has 1 fully saturated rings. The van der Waals surface area contributed by atoms with Gasteiger partial charge in [0.1, 0.15) is 5.02 Å². The quantitative estimate of drug-likeness (QED) is 0.801. The number of amides is 1. The lowest BCUT2D eigenvalue weighted by atomic mass is 9.86. The highest BCUT2D eigenvalue weighted by molar-refractivity contribution is 6.32. The minimum Gasteiger partial charge on any atom is -0.480 e. The maximum Gasteiger partial charge on any atom is 0.253 e. The number of carbonyl (C=O) groups is 1. The molecule has 0 unspecified atom stereocenters. The molecule has 0 atom stereocenters. The number of ether oxygens (including phenoxy) is 1. The van der Waals surface area contributed by atoms with Crippen LogP contribution in [0.4, 0.5) is 0 Å². The summed E-state index contributed by atoms with van der Waals surface area (Å²) in [4.78, 5) is 16.7. The van der Waals surface area contributed by atoms with Crippen molar-refractivity contribution in [1.82, 2.24) is 20.1 Å². The van der Waals surface area contributed by atoms with E-state index in [2.05, 4.69) is 15.4 Å². The molecular weight excluding hydrogens is 387 g/mol. The molecule has 1 N–H and O–H groups in total. The summed E-state index contributed by atoms with van der Waals surface area (Å²) in [7, 11) is 1.61. The number of rotatable bonds is 5. The predicted molar refractivity (Wildman–Crippen MR) is 106 cm³/mol. The number of nitrogens with zero attached hydrogens (tertiary/aromatic N) is 3. The third-order valence-electron chi connectivity index (χ3n) is 5.12. The molecule has 6 nitrogen and oxygen atoms in total. The van der Waals surface area contributed by atoms with Crippen molar-refractivity contribution in [2.24, 2.45) is 5.92 Å². The highest BCUT2D eigenvalue weighted by Crippen LogP contribution is 2.31. The molecule has 0 aliphatic heterocycles. The topological polar surface area (TPSA) is 69.0 Å². The molecule has 1 saturated carbocycles. The average molecular weight is 411 g/mol. The second-order valence-corrected chi connectivity index (χ2v) is 7.88. The van der Waals surface area contributed by atoms with E-state index in [4.69, 9.17) is 27.9 Å². The van der Waals surface area contributed by atoms with Crippen molar-refractivity contribution in [3.05, 3.63) is 39.3 Å². The van der Waals surface area contributed by atoms with Gasteiger partial charge in [-0.2, -0.15) is 5.10 Å². The highest BCUT2D eigenvalue weighted by atomic mass is 35.5. The normalized spacial score (nSPS) is 19.7. The Morgan fingerprint density at radius 2 is 1.96 bits per heavy atom. The van der Waals surface area contributed by atoms with E-state index in [1.54, 1.807) is 19.4 Å². The molecule has 1 aliphatic carbocycles. The van der Waals surface area contributed by atoms with Gasteiger partial charge in [0.25, 0.3) is 5.91 Å². The fraction of sp³-hybridized carbons (Fsp3) is 0.526. The number of nitrogens with one attached hydrogen (secondary N) is 1. The van der Waals surface area contributed by atoms with Gasteiger partial charge in [-0.3, -0.25) is 9.78 Å². The Bertz CT molecular complexity index is 829. The third-order valence-corrected chi connectivity index (χ3v) is 5.76. The number of hydrogen-bond donors (Lipinski definition) is 1. The number of methoxy groups -OCH3 is 1. The summed E-state index contributed by atoms with van der Waals surface area (Å²) in [6.45, 7) is 4.46. The van der Waals surface area contributed by atoms with Crippen LogP contribution in [-0.4, -0.2) is 33.8 Å². The molecule has 0 saturated heterocycles. The lowest BCUT2D eigenvalue weighted by Gasteiger charge is -2.29. The van der Waals surface area contributed by atoms with E-state index >= 15 is 0 Å². The van der Waals surface area contributed by atoms with Crippen LogP contribution in [0.25, 0.3) is 0 Å². The van der Waals surface area contributed by atoms with Crippen molar-refractivity contribution < 1.29 is 9.53 Å². The zero-order chi connectivity index (χ0) is 19.6. The summed E-state index contributed by atoms with van der Waals surface area (Å²) < 4.78 is 7.23. The van der Waals surface area contributed by atoms with Gasteiger partial charge in [0.15, 0.2) is 0 Å². The van der Waals surface area contributed by atoms with Crippen LogP contribution in [0.1, 0.15) is 47.4 Å². The zero-order valence-corrected chi connectivity index (χ0v) is 17.3. The Morgan fingerprint density at radius 3 is 2.63 bits per heavy atom. The van der Waals surface area contributed by atoms with Gasteiger partial charge in [-0.25, -0.2) is 4.68 Å². The average Bonchev–Trinajstić information content (AvgIpc) is 2.91. The summed E-state index contributed by atoms with van der Waals surface area (Å²) in [5.41, 5.74) is 2.00. The van der Waals surface area contributed by atoms with E-state index in [9.17, 15) is 4.79 Å². The second-order valence-electron chi connectivity index (χ2n) is 7.07. The monoisotopic (exact) mass is 410 g/mol. The number of aromatic nitrogens is 3. The number of hydrogen-bond acceptors (Lipinski definition) is 4. The molecule has 0 bridgehead atoms. The number of carbonyl (C=O) groups excluding carboxylic acids is 1. The van der Waals surface area contributed by atoms with Crippen molar-refractivity contribution in [3.8, 4) is 5.88 Å². The molecule has 1 aliphatic rings. The smallest absolute Gasteiger partial charge is 0.253 e. The molecule has 3 rings (SSSR count). The van der Waals surface area contributed by atoms with E-state index < -0.39 is 0 Å². The Kier molecular flexibility index (Phi) is 6.27. The van der Waals surface area contributed by atoms with Crippen LogP contribution < -0.4 is 10.1 Å². The van der Waals surface area contributed by atoms with Crippen LogP contribution in [0.5, 0.6) is 5.88 Å². The SMILES string of the molecule is COc1c(Cl)c(C)nn1CC1CCC(NC(=O)c2cc(Cl)cnc2C)CC1. The number of aryl methyl sites for hydroxylation is 2. The van der Waals surface area contributed by atoms with E-state index in [1.165, 1.54) is 0 Å². The molecule has 2 heterocycles. The summed E-state index contributed by atoms with van der Waals surface area (Å²) in [6.07, 6.45) is 5.44. The Morgan fingerprint density at radius 1 is 1.26 bits per heavy atom. The van der Waals surface area contributed by atoms with Gasteiger partial charge < -0.3 is 10.1 Å². The Labute approximate surface area is 169 Å². The van der Waals surface area contributed by atoms with E-state index in [1.807, 2.05) is 18.5 Å². The number of halogens is 2. The van der Waals surface area contributed by atoms with Crippen molar-refractivity contribution in [1.29, 1.82) is 0 Å². The van der Waals surface area contributed by atoms with E-state index in [0.717, 1.165) is 37.9 Å². The molecule has 8 heteroatoms. The van der Waals surface area contributed by atoms with Crippen molar-refractivity contribution >= 4 is 29.1 Å². The summed E-state index contributed by atoms with van der Waals surface area (Å²) >= 11 is 12.2. The maximum atomic E-state index is 12.5. The van der Waals surface area contributed by atoms with E-state index in [-0.39, 0.29) is 11.9 Å². The van der Waals surface area contributed by atoms with Gasteiger partial charge >= 0.3 is 0 Å². The molecular formula is C19H24Cl2N4O2. The van der Waals surface area contributed by atoms with Crippen LogP contribution in [-0.2, 0) is 6.54 Å². The summed E-state index contributed by atoms with van der Waals surface area (Å²) in [6, 6.07) is 1.83. The fourth-order valence-corrected chi connectivity index (χ4v) is 3.96. The van der Waals surface area contributed by atoms with Crippen LogP contribution in [0.3, 0.4) is 0 Å². The second kappa shape index (κ2) is 8.48. The van der Waals surface area contributed by atoms with Crippen LogP contribution in [0, 0.1) is 19.8 Å². The lowest BCUT2D eigenvalue weighted by Crippen LogP contribution is -2.38. The Hall–Kier alpha value is -1.79. The lowest BCUT2D eigenvalue weighted by molar-refractivity contribution is 0.0918. The number of pyridine rings is 1. The largest absolute Gasteiger partial charge is 0.480 e. The summed E-state index contributed by atoms with van der Waals surface area (Å²) in [5.74, 6) is 0.993. The van der Waals surface area contributed by atoms with Crippen molar-refractivity contribution in [3.63, 3.8) is 0 Å². The molecule has 1 amide bonds. The standard InChI is InChI=1S/C19H24Cl2N4O2/c1-11-16(8-14(20)9-22-11)18(26)23-15-6-4-13(5-7-15)10-25-19(27-3)17(21)12(2)24-25/h8-9,13,15H,4-7,10H2,1-3H3,(H,23,26). The summed E-state index contributed by atoms with van der Waals surface area (Å²) in [5, 5.41) is 8.63. The van der Waals surface area contributed by atoms with E-state index in [0.29, 0.717) is 33.1 Å². The molecule has 0 spiro atoms. The molecule has 2 aromatic heterocycles. The molecule has 146 valence electrons. The fourth-order valence-electron chi connectivity index (χ4n) is 3.59. The molecule has 0 radical (unpaired) electrons. The van der Waals surface area contributed by atoms with Crippen molar-refractivity contribution in [2.45, 2.75) is 52.1 Å². The molecule has 2 aromatic rings. The maximum absolute atomic E-state index is 12.5. The first-order valence-corrected chi connectivity index (χ1v) is 9.84. The highest BCUT2D eigenvalue weighted by Gasteiger charge is 2.25. The van der Waals surface area contributed by atoms with Gasteiger partial charge in [-0.05, 0) is 51.5 Å². The Balaban J connectivity index is 1.55. The predicted octanol–water partition coefficient (Wildman–Crippen LogP) is 4.20. The van der Waals surface area contributed by atoms with Crippen molar-refractivity contribution in [2.75, 3.05) is 7.11 Å². The van der Waals surface area contributed by atoms with Gasteiger partial charge in [0.2, 0.25) is 5.88 Å². The first kappa shape index (κ1) is 20.0. The van der Waals surface area contributed by atoms with Crippen LogP contribution in [0.2, 0.25) is 10.0 Å². The van der Waals surface area contributed by atoms with Gasteiger partial charge in [-0.1, -0.05) is 23.2 Å². The molecule has 0 aromatic carbocycles.